The average molecular weight is 569 g/mol. The zero-order valence-electron chi connectivity index (χ0n) is 21.2. The van der Waals surface area contributed by atoms with E-state index in [0.29, 0.717) is 19.5 Å². The number of phosphoric acid groups is 1. The molecule has 1 saturated heterocycles. The second kappa shape index (κ2) is 14.3. The number of aliphatic hydroxyl groups is 1. The lowest BCUT2D eigenvalue weighted by Crippen LogP contribution is -2.33. The lowest BCUT2D eigenvalue weighted by atomic mass is 10.2. The minimum Gasteiger partial charge on any atom is -0.394 e. The quantitative estimate of drug-likeness (QED) is 0.100. The van der Waals surface area contributed by atoms with Crippen LogP contribution in [0.25, 0.3) is 6.08 Å². The van der Waals surface area contributed by atoms with Gasteiger partial charge in [-0.05, 0) is 25.3 Å². The third kappa shape index (κ3) is 9.53. The maximum atomic E-state index is 12.3. The van der Waals surface area contributed by atoms with Gasteiger partial charge in [-0.3, -0.25) is 28.5 Å². The van der Waals surface area contributed by atoms with Gasteiger partial charge >= 0.3 is 13.5 Å². The summed E-state index contributed by atoms with van der Waals surface area (Å²) in [5, 5.41) is 15.0. The van der Waals surface area contributed by atoms with E-state index >= 15 is 0 Å². The Kier molecular flexibility index (Phi) is 11.2. The third-order valence-corrected chi connectivity index (χ3v) is 6.65. The van der Waals surface area contributed by atoms with Crippen LogP contribution in [0.3, 0.4) is 0 Å². The maximum Gasteiger partial charge on any atom is 0.469 e. The number of carbonyl (C=O) groups is 2. The normalized spacial score (nSPS) is 20.9. The molecule has 1 aromatic heterocycles. The molecule has 1 aliphatic carbocycles. The summed E-state index contributed by atoms with van der Waals surface area (Å²) in [5.74, 6) is -0.484. The first-order valence-corrected chi connectivity index (χ1v) is 14.1. The topological polar surface area (TPSA) is 209 Å². The van der Waals surface area contributed by atoms with Gasteiger partial charge in [0.1, 0.15) is 18.4 Å². The highest BCUT2D eigenvalue weighted by atomic mass is 31.2. The molecule has 0 spiro atoms. The molecule has 1 fully saturated rings. The highest BCUT2D eigenvalue weighted by molar-refractivity contribution is 7.46. The van der Waals surface area contributed by atoms with Gasteiger partial charge in [0.05, 0.1) is 12.2 Å². The summed E-state index contributed by atoms with van der Waals surface area (Å²) in [6, 6.07) is 0. The van der Waals surface area contributed by atoms with Crippen molar-refractivity contribution >= 4 is 25.7 Å². The predicted molar refractivity (Wildman–Crippen MR) is 139 cm³/mol. The number of aliphatic hydroxyl groups excluding tert-OH is 1. The summed E-state index contributed by atoms with van der Waals surface area (Å²) in [4.78, 5) is 68.7. The number of carbonyl (C=O) groups excluding carboxylic acids is 2. The number of nitrogens with zero attached hydrogens (tertiary/aromatic N) is 1. The fourth-order valence-corrected chi connectivity index (χ4v) is 4.70. The van der Waals surface area contributed by atoms with Crippen LogP contribution in [-0.2, 0) is 23.4 Å². The SMILES string of the molecule is O=C(/C=C/c1cn(C2CC(OP(=O)(O)O)C(CO)O2)c(=O)[nH]c1=O)NCCCCCCNC(=O)C1=CC=CC1. The fraction of sp³-hybridized carbons (Fsp3) is 0.500. The summed E-state index contributed by atoms with van der Waals surface area (Å²) < 4.78 is 22.3. The van der Waals surface area contributed by atoms with E-state index in [4.69, 9.17) is 14.5 Å². The van der Waals surface area contributed by atoms with Crippen LogP contribution in [0, 0.1) is 0 Å². The zero-order chi connectivity index (χ0) is 28.4. The van der Waals surface area contributed by atoms with E-state index in [-0.39, 0.29) is 17.9 Å². The van der Waals surface area contributed by atoms with Gasteiger partial charge < -0.3 is 30.3 Å². The van der Waals surface area contributed by atoms with Crippen LogP contribution < -0.4 is 21.9 Å². The van der Waals surface area contributed by atoms with Crippen LogP contribution in [0.15, 0.2) is 45.7 Å². The van der Waals surface area contributed by atoms with Gasteiger partial charge in [-0.25, -0.2) is 9.36 Å². The number of phosphoric ester groups is 1. The van der Waals surface area contributed by atoms with E-state index in [0.717, 1.165) is 48.1 Å². The Bertz CT molecular complexity index is 1280. The Labute approximate surface area is 223 Å². The number of allylic oxidation sites excluding steroid dienone is 3. The summed E-state index contributed by atoms with van der Waals surface area (Å²) in [6.45, 7) is 0.397. The van der Waals surface area contributed by atoms with Gasteiger partial charge in [-0.1, -0.05) is 31.1 Å². The second-order valence-electron chi connectivity index (χ2n) is 9.05. The minimum absolute atomic E-state index is 0.0283. The van der Waals surface area contributed by atoms with Gasteiger partial charge in [0.2, 0.25) is 11.8 Å². The standard InChI is InChI=1S/C24H33N4O10P/c29-15-19-18(38-39(34,35)36)13-21(37-19)28-14-17(23(32)27-24(28)33)9-10-20(30)25-11-5-1-2-6-12-26-22(31)16-7-3-4-8-16/h3-4,7,9-10,14,18-19,21,29H,1-2,5-6,8,11-13,15H2,(H,25,30)(H,26,31)(H,27,32,33)(H2,34,35,36)/b10-9+. The number of unbranched alkanes of at least 4 members (excludes halogenated alkanes) is 3. The number of rotatable bonds is 14. The summed E-state index contributed by atoms with van der Waals surface area (Å²) >= 11 is 0. The van der Waals surface area contributed by atoms with Crippen molar-refractivity contribution in [1.29, 1.82) is 0 Å². The van der Waals surface area contributed by atoms with Crippen molar-refractivity contribution in [3.8, 4) is 0 Å². The lowest BCUT2D eigenvalue weighted by molar-refractivity contribution is -0.118. The minimum atomic E-state index is -4.87. The molecule has 214 valence electrons. The van der Waals surface area contributed by atoms with Gasteiger partial charge in [-0.2, -0.15) is 0 Å². The molecule has 0 aromatic carbocycles. The Morgan fingerprint density at radius 3 is 2.54 bits per heavy atom. The summed E-state index contributed by atoms with van der Waals surface area (Å²) in [6.07, 6.45) is 9.56. The molecule has 3 rings (SSSR count). The molecule has 0 bridgehead atoms. The van der Waals surface area contributed by atoms with E-state index in [1.807, 2.05) is 12.2 Å². The Morgan fingerprint density at radius 1 is 1.18 bits per heavy atom. The third-order valence-electron chi connectivity index (χ3n) is 6.10. The van der Waals surface area contributed by atoms with Crippen molar-refractivity contribution < 1.29 is 38.3 Å². The molecular weight excluding hydrogens is 535 g/mol. The van der Waals surface area contributed by atoms with Crippen molar-refractivity contribution in [1.82, 2.24) is 20.2 Å². The first kappa shape index (κ1) is 30.4. The molecule has 3 unspecified atom stereocenters. The monoisotopic (exact) mass is 568 g/mol. The number of hydrogen-bond acceptors (Lipinski definition) is 8. The molecule has 14 nitrogen and oxygen atoms in total. The molecule has 0 saturated carbocycles. The number of amides is 2. The number of H-pyrrole nitrogens is 1. The largest absolute Gasteiger partial charge is 0.469 e. The zero-order valence-corrected chi connectivity index (χ0v) is 22.0. The highest BCUT2D eigenvalue weighted by Gasteiger charge is 2.40. The van der Waals surface area contributed by atoms with Crippen molar-refractivity contribution in [2.75, 3.05) is 19.7 Å². The first-order chi connectivity index (χ1) is 18.6. The van der Waals surface area contributed by atoms with E-state index in [1.54, 1.807) is 6.08 Å². The number of ether oxygens (including phenoxy) is 1. The smallest absolute Gasteiger partial charge is 0.394 e. The van der Waals surface area contributed by atoms with Crippen molar-refractivity contribution in [3.05, 3.63) is 62.5 Å². The van der Waals surface area contributed by atoms with Crippen molar-refractivity contribution in [2.24, 2.45) is 0 Å². The molecule has 2 aliphatic rings. The average Bonchev–Trinajstić information content (AvgIpc) is 3.54. The Hall–Kier alpha value is -3.13. The molecule has 0 radical (unpaired) electrons. The van der Waals surface area contributed by atoms with E-state index in [9.17, 15) is 28.8 Å². The van der Waals surface area contributed by atoms with E-state index in [1.165, 1.54) is 6.08 Å². The van der Waals surface area contributed by atoms with Crippen molar-refractivity contribution in [3.63, 3.8) is 0 Å². The molecule has 1 aliphatic heterocycles. The number of nitrogens with one attached hydrogen (secondary N) is 3. The summed E-state index contributed by atoms with van der Waals surface area (Å²) in [5.41, 5.74) is -0.852. The maximum absolute atomic E-state index is 12.3. The van der Waals surface area contributed by atoms with Crippen molar-refractivity contribution in [2.45, 2.75) is 57.0 Å². The van der Waals surface area contributed by atoms with Gasteiger partial charge in [-0.15, -0.1) is 0 Å². The number of hydrogen-bond donors (Lipinski definition) is 6. The van der Waals surface area contributed by atoms with Crippen LogP contribution in [0.5, 0.6) is 0 Å². The van der Waals surface area contributed by atoms with Crippen LogP contribution in [0.4, 0.5) is 0 Å². The predicted octanol–water partition coefficient (Wildman–Crippen LogP) is -0.0134. The Morgan fingerprint density at radius 2 is 1.90 bits per heavy atom. The van der Waals surface area contributed by atoms with E-state index in [2.05, 4.69) is 20.1 Å². The molecule has 39 heavy (non-hydrogen) atoms. The van der Waals surface area contributed by atoms with Gasteiger partial charge in [0.25, 0.3) is 5.56 Å². The van der Waals surface area contributed by atoms with Crippen LogP contribution in [0.1, 0.15) is 50.3 Å². The first-order valence-electron chi connectivity index (χ1n) is 12.5. The Balaban J connectivity index is 1.43. The summed E-state index contributed by atoms with van der Waals surface area (Å²) in [7, 11) is -4.87. The van der Waals surface area contributed by atoms with E-state index < -0.39 is 50.0 Å². The van der Waals surface area contributed by atoms with Gasteiger partial charge in [0, 0.05) is 37.4 Å². The number of aromatic amines is 1. The highest BCUT2D eigenvalue weighted by Crippen LogP contribution is 2.43. The molecule has 2 amide bonds. The molecule has 3 atom stereocenters. The molecule has 15 heteroatoms. The fourth-order valence-electron chi connectivity index (χ4n) is 4.13. The van der Waals surface area contributed by atoms with Crippen LogP contribution in [-0.4, -0.2) is 68.2 Å². The van der Waals surface area contributed by atoms with Gasteiger partial charge in [0.15, 0.2) is 0 Å². The number of aromatic nitrogens is 2. The van der Waals surface area contributed by atoms with Crippen LogP contribution in [0.2, 0.25) is 0 Å². The molecule has 1 aromatic rings. The molecular formula is C24H33N4O10P. The molecule has 6 N–H and O–H groups in total. The second-order valence-corrected chi connectivity index (χ2v) is 10.2. The molecule has 2 heterocycles. The lowest BCUT2D eigenvalue weighted by Gasteiger charge is -2.16. The van der Waals surface area contributed by atoms with Crippen LogP contribution >= 0.6 is 7.82 Å².